The van der Waals surface area contributed by atoms with E-state index in [1.165, 1.54) is 5.56 Å². The third-order valence-electron chi connectivity index (χ3n) is 1.81. The number of rotatable bonds is 0. The van der Waals surface area contributed by atoms with Crippen LogP contribution in [0, 0.1) is 6.07 Å². The number of ether oxygens (including phenoxy) is 1. The molecule has 0 N–H and O–H groups in total. The number of aryl methyl sites for hydroxylation is 1. The molecule has 1 radical (unpaired) electrons. The summed E-state index contributed by atoms with van der Waals surface area (Å²) in [6.45, 7) is 0.788. The zero-order valence-corrected chi connectivity index (χ0v) is 6.82. The molecular weight excluding hydrogens is 160 g/mol. The van der Waals surface area contributed by atoms with Gasteiger partial charge in [0.25, 0.3) is 0 Å². The van der Waals surface area contributed by atoms with Crippen LogP contribution >= 0.6 is 11.6 Å². The fourth-order valence-electron chi connectivity index (χ4n) is 1.28. The van der Waals surface area contributed by atoms with E-state index in [1.54, 1.807) is 6.07 Å². The van der Waals surface area contributed by atoms with Crippen molar-refractivity contribution < 1.29 is 4.74 Å². The molecular formula is C9H8ClO. The Morgan fingerprint density at radius 1 is 1.45 bits per heavy atom. The molecule has 0 saturated carbocycles. The monoisotopic (exact) mass is 167 g/mol. The zero-order chi connectivity index (χ0) is 7.68. The molecule has 0 atom stereocenters. The van der Waals surface area contributed by atoms with Gasteiger partial charge in [-0.3, -0.25) is 0 Å². The van der Waals surface area contributed by atoms with Gasteiger partial charge in [0.1, 0.15) is 5.75 Å². The van der Waals surface area contributed by atoms with E-state index >= 15 is 0 Å². The second-order valence-electron chi connectivity index (χ2n) is 2.61. The standard InChI is InChI=1S/C9H8ClO/c10-8-5-1-3-7-4-2-6-11-9(7)8/h3,5H,2,4,6H2. The molecule has 2 heteroatoms. The summed E-state index contributed by atoms with van der Waals surface area (Å²) in [5, 5.41) is 0.683. The second-order valence-corrected chi connectivity index (χ2v) is 3.02. The highest BCUT2D eigenvalue weighted by atomic mass is 35.5. The molecule has 11 heavy (non-hydrogen) atoms. The Labute approximate surface area is 70.9 Å². The molecule has 0 fully saturated rings. The van der Waals surface area contributed by atoms with Crippen LogP contribution in [-0.2, 0) is 6.42 Å². The Hall–Kier alpha value is -0.690. The molecule has 1 aromatic rings. The third-order valence-corrected chi connectivity index (χ3v) is 2.09. The molecule has 0 unspecified atom stereocenters. The van der Waals surface area contributed by atoms with Gasteiger partial charge in [-0.25, -0.2) is 0 Å². The van der Waals surface area contributed by atoms with Gasteiger partial charge in [-0.2, -0.15) is 0 Å². The van der Waals surface area contributed by atoms with Crippen LogP contribution in [0.1, 0.15) is 12.0 Å². The minimum atomic E-state index is 0.683. The first kappa shape index (κ1) is 6.99. The van der Waals surface area contributed by atoms with Crippen LogP contribution in [0.25, 0.3) is 0 Å². The minimum absolute atomic E-state index is 0.683. The summed E-state index contributed by atoms with van der Waals surface area (Å²) in [4.78, 5) is 0. The lowest BCUT2D eigenvalue weighted by Gasteiger charge is -2.17. The summed E-state index contributed by atoms with van der Waals surface area (Å²) >= 11 is 5.89. The number of halogens is 1. The lowest BCUT2D eigenvalue weighted by atomic mass is 10.1. The number of hydrogen-bond donors (Lipinski definition) is 0. The first-order valence-corrected chi connectivity index (χ1v) is 4.07. The van der Waals surface area contributed by atoms with Crippen LogP contribution in [0.2, 0.25) is 5.02 Å². The van der Waals surface area contributed by atoms with Gasteiger partial charge in [-0.15, -0.1) is 0 Å². The third kappa shape index (κ3) is 1.21. The van der Waals surface area contributed by atoms with E-state index in [9.17, 15) is 0 Å². The minimum Gasteiger partial charge on any atom is -0.492 e. The summed E-state index contributed by atoms with van der Waals surface area (Å²) in [5.41, 5.74) is 1.18. The van der Waals surface area contributed by atoms with E-state index in [2.05, 4.69) is 6.07 Å². The maximum atomic E-state index is 5.89. The van der Waals surface area contributed by atoms with Crippen LogP contribution < -0.4 is 4.74 Å². The van der Waals surface area contributed by atoms with Crippen molar-refractivity contribution in [2.45, 2.75) is 12.8 Å². The molecule has 1 heterocycles. The Balaban J connectivity index is 2.49. The first-order valence-electron chi connectivity index (χ1n) is 3.69. The van der Waals surface area contributed by atoms with E-state index in [4.69, 9.17) is 16.3 Å². The lowest BCUT2D eigenvalue weighted by molar-refractivity contribution is 0.288. The Morgan fingerprint density at radius 3 is 3.18 bits per heavy atom. The van der Waals surface area contributed by atoms with E-state index in [0.29, 0.717) is 5.02 Å². The maximum Gasteiger partial charge on any atom is 0.141 e. The SMILES string of the molecule is Clc1c[c]cc2c1OCCC2. The number of benzene rings is 1. The largest absolute Gasteiger partial charge is 0.492 e. The summed E-state index contributed by atoms with van der Waals surface area (Å²) in [5.74, 6) is 0.858. The van der Waals surface area contributed by atoms with Crippen LogP contribution in [0.4, 0.5) is 0 Å². The summed E-state index contributed by atoms with van der Waals surface area (Å²) in [6.07, 6.45) is 2.15. The molecule has 1 nitrogen and oxygen atoms in total. The quantitative estimate of drug-likeness (QED) is 0.577. The predicted octanol–water partition coefficient (Wildman–Crippen LogP) is 2.47. The van der Waals surface area contributed by atoms with Gasteiger partial charge in [0.15, 0.2) is 0 Å². The molecule has 1 aliphatic heterocycles. The number of fused-ring (bicyclic) bond motifs is 1. The highest BCUT2D eigenvalue weighted by Gasteiger charge is 2.12. The molecule has 0 spiro atoms. The van der Waals surface area contributed by atoms with Crippen molar-refractivity contribution >= 4 is 11.6 Å². The molecule has 0 amide bonds. The van der Waals surface area contributed by atoms with Gasteiger partial charge in [-0.05, 0) is 36.6 Å². The highest BCUT2D eigenvalue weighted by molar-refractivity contribution is 6.32. The van der Waals surface area contributed by atoms with Crippen molar-refractivity contribution in [1.82, 2.24) is 0 Å². The Kier molecular flexibility index (Phi) is 1.74. The van der Waals surface area contributed by atoms with Crippen molar-refractivity contribution in [2.24, 2.45) is 0 Å². The van der Waals surface area contributed by atoms with Gasteiger partial charge < -0.3 is 4.74 Å². The van der Waals surface area contributed by atoms with Crippen LogP contribution in [0.3, 0.4) is 0 Å². The Morgan fingerprint density at radius 2 is 2.36 bits per heavy atom. The summed E-state index contributed by atoms with van der Waals surface area (Å²) < 4.78 is 5.40. The van der Waals surface area contributed by atoms with E-state index < -0.39 is 0 Å². The first-order chi connectivity index (χ1) is 5.38. The van der Waals surface area contributed by atoms with Crippen LogP contribution in [0.15, 0.2) is 12.1 Å². The van der Waals surface area contributed by atoms with Gasteiger partial charge in [0, 0.05) is 0 Å². The molecule has 1 aliphatic rings. The van der Waals surface area contributed by atoms with Crippen molar-refractivity contribution in [1.29, 1.82) is 0 Å². The van der Waals surface area contributed by atoms with Crippen molar-refractivity contribution in [3.63, 3.8) is 0 Å². The zero-order valence-electron chi connectivity index (χ0n) is 6.06. The average Bonchev–Trinajstić information content (AvgIpc) is 2.06. The van der Waals surface area contributed by atoms with Crippen LogP contribution in [-0.4, -0.2) is 6.61 Å². The van der Waals surface area contributed by atoms with Crippen molar-refractivity contribution in [3.05, 3.63) is 28.8 Å². The molecule has 57 valence electrons. The maximum absolute atomic E-state index is 5.89. The van der Waals surface area contributed by atoms with Crippen molar-refractivity contribution in [3.8, 4) is 5.75 Å². The molecule has 0 saturated heterocycles. The lowest BCUT2D eigenvalue weighted by Crippen LogP contribution is -2.08. The summed E-state index contributed by atoms with van der Waals surface area (Å²) in [6, 6.07) is 6.66. The molecule has 1 aromatic carbocycles. The van der Waals surface area contributed by atoms with Crippen molar-refractivity contribution in [2.75, 3.05) is 6.61 Å². The average molecular weight is 168 g/mol. The number of hydrogen-bond acceptors (Lipinski definition) is 1. The van der Waals surface area contributed by atoms with Gasteiger partial charge in [0.05, 0.1) is 11.6 Å². The van der Waals surface area contributed by atoms with E-state index in [-0.39, 0.29) is 0 Å². The normalized spacial score (nSPS) is 15.4. The fourth-order valence-corrected chi connectivity index (χ4v) is 1.52. The highest BCUT2D eigenvalue weighted by Crippen LogP contribution is 2.31. The predicted molar refractivity (Wildman–Crippen MR) is 44.1 cm³/mol. The second kappa shape index (κ2) is 2.74. The van der Waals surface area contributed by atoms with E-state index in [1.807, 2.05) is 6.07 Å². The topological polar surface area (TPSA) is 9.23 Å². The molecule has 2 rings (SSSR count). The smallest absolute Gasteiger partial charge is 0.141 e. The van der Waals surface area contributed by atoms with Gasteiger partial charge in [-0.1, -0.05) is 11.6 Å². The van der Waals surface area contributed by atoms with E-state index in [0.717, 1.165) is 25.2 Å². The molecule has 0 bridgehead atoms. The van der Waals surface area contributed by atoms with Crippen LogP contribution in [0.5, 0.6) is 5.75 Å². The Bertz CT molecular complexity index is 270. The van der Waals surface area contributed by atoms with Gasteiger partial charge >= 0.3 is 0 Å². The fraction of sp³-hybridized carbons (Fsp3) is 0.333. The van der Waals surface area contributed by atoms with Gasteiger partial charge in [0.2, 0.25) is 0 Å². The molecule has 0 aliphatic carbocycles. The molecule has 0 aromatic heterocycles. The summed E-state index contributed by atoms with van der Waals surface area (Å²) in [7, 11) is 0.